The summed E-state index contributed by atoms with van der Waals surface area (Å²) in [5, 5.41) is 0. The third kappa shape index (κ3) is 35.0. The second-order valence-electron chi connectivity index (χ2n) is 15.5. The molecule has 0 spiro atoms. The molecule has 0 radical (unpaired) electrons. The molecule has 0 aliphatic carbocycles. The first-order valence-corrected chi connectivity index (χ1v) is 22.3. The Balaban J connectivity index is 3.55. The molecule has 0 aromatic rings. The Kier molecular flexibility index (Phi) is 39.8. The van der Waals surface area contributed by atoms with E-state index in [0.29, 0.717) is 12.8 Å². The summed E-state index contributed by atoms with van der Waals surface area (Å²) in [5.41, 5.74) is 0. The number of hydrogen-bond donors (Lipinski definition) is 0. The molecule has 0 aromatic heterocycles. The van der Waals surface area contributed by atoms with Crippen LogP contribution in [-0.2, 0) is 14.3 Å². The normalized spacial score (nSPS) is 12.1. The fraction of sp³-hybridized carbons (Fsp3) is 0.956. The van der Waals surface area contributed by atoms with Crippen molar-refractivity contribution in [1.29, 1.82) is 0 Å². The van der Waals surface area contributed by atoms with Gasteiger partial charge in [0.15, 0.2) is 0 Å². The molecule has 0 aliphatic heterocycles. The first kappa shape index (κ1) is 47.1. The molecule has 0 heterocycles. The van der Waals surface area contributed by atoms with E-state index < -0.39 is 5.92 Å². The van der Waals surface area contributed by atoms with E-state index in [1.54, 1.807) is 0 Å². The lowest BCUT2D eigenvalue weighted by Crippen LogP contribution is -2.25. The SMILES string of the molecule is CCCCCCCCCCCCCCCCCCCCCCCCC(C(=O)CCCCCCCCCCCCCCCCC)C(=O)OC. The molecule has 0 saturated heterocycles. The lowest BCUT2D eigenvalue weighted by atomic mass is 9.93. The van der Waals surface area contributed by atoms with Crippen LogP contribution in [-0.4, -0.2) is 18.9 Å². The standard InChI is InChI=1S/C45H88O3/c1-4-6-8-10-12-14-16-18-20-21-22-23-24-25-26-28-29-31-33-35-37-39-41-43(45(47)48-3)44(46)42-40-38-36-34-32-30-27-19-17-15-13-11-9-7-5-2/h43H,4-42H2,1-3H3. The smallest absolute Gasteiger partial charge is 0.316 e. The predicted molar refractivity (Wildman–Crippen MR) is 212 cm³/mol. The summed E-state index contributed by atoms with van der Waals surface area (Å²) in [6, 6.07) is 0. The third-order valence-electron chi connectivity index (χ3n) is 10.7. The Morgan fingerprint density at radius 3 is 0.833 bits per heavy atom. The van der Waals surface area contributed by atoms with Crippen LogP contribution in [0.4, 0.5) is 0 Å². The van der Waals surface area contributed by atoms with Crippen molar-refractivity contribution in [3.63, 3.8) is 0 Å². The molecular weight excluding hydrogens is 588 g/mol. The minimum atomic E-state index is -0.535. The lowest BCUT2D eigenvalue weighted by molar-refractivity contribution is -0.149. The summed E-state index contributed by atoms with van der Waals surface area (Å²) >= 11 is 0. The molecule has 0 saturated carbocycles. The maximum atomic E-state index is 12.8. The number of esters is 1. The Hall–Kier alpha value is -0.860. The van der Waals surface area contributed by atoms with Crippen LogP contribution in [0.15, 0.2) is 0 Å². The highest BCUT2D eigenvalue weighted by Gasteiger charge is 2.26. The molecule has 3 heteroatoms. The zero-order valence-electron chi connectivity index (χ0n) is 33.4. The number of ketones is 1. The van der Waals surface area contributed by atoms with Gasteiger partial charge in [-0.05, 0) is 12.8 Å². The molecule has 0 fully saturated rings. The van der Waals surface area contributed by atoms with Crippen LogP contribution < -0.4 is 0 Å². The summed E-state index contributed by atoms with van der Waals surface area (Å²) in [7, 11) is 1.43. The van der Waals surface area contributed by atoms with Crippen molar-refractivity contribution < 1.29 is 14.3 Å². The van der Waals surface area contributed by atoms with Crippen LogP contribution >= 0.6 is 0 Å². The van der Waals surface area contributed by atoms with Gasteiger partial charge in [0.25, 0.3) is 0 Å². The number of carbonyl (C=O) groups is 2. The van der Waals surface area contributed by atoms with E-state index in [1.165, 1.54) is 219 Å². The van der Waals surface area contributed by atoms with E-state index in [2.05, 4.69) is 13.8 Å². The number of ether oxygens (including phenoxy) is 1. The quantitative estimate of drug-likeness (QED) is 0.0368. The van der Waals surface area contributed by atoms with Crippen LogP contribution in [0.1, 0.15) is 264 Å². The molecule has 0 N–H and O–H groups in total. The van der Waals surface area contributed by atoms with E-state index >= 15 is 0 Å². The van der Waals surface area contributed by atoms with Crippen molar-refractivity contribution in [2.45, 2.75) is 264 Å². The van der Waals surface area contributed by atoms with Gasteiger partial charge < -0.3 is 4.74 Å². The number of unbranched alkanes of at least 4 members (excludes halogenated alkanes) is 35. The minimum absolute atomic E-state index is 0.111. The monoisotopic (exact) mass is 677 g/mol. The van der Waals surface area contributed by atoms with Crippen molar-refractivity contribution >= 4 is 11.8 Å². The fourth-order valence-electron chi connectivity index (χ4n) is 7.35. The maximum Gasteiger partial charge on any atom is 0.316 e. The summed E-state index contributed by atoms with van der Waals surface area (Å²) in [4.78, 5) is 25.1. The Morgan fingerprint density at radius 2 is 0.583 bits per heavy atom. The summed E-state index contributed by atoms with van der Waals surface area (Å²) in [5.74, 6) is -0.740. The van der Waals surface area contributed by atoms with Gasteiger partial charge in [0, 0.05) is 6.42 Å². The summed E-state index contributed by atoms with van der Waals surface area (Å²) in [6.07, 6.45) is 51.3. The highest BCUT2D eigenvalue weighted by atomic mass is 16.5. The first-order chi connectivity index (χ1) is 23.7. The molecule has 1 atom stereocenters. The van der Waals surface area contributed by atoms with Crippen LogP contribution in [0.2, 0.25) is 0 Å². The van der Waals surface area contributed by atoms with Gasteiger partial charge in [-0.3, -0.25) is 9.59 Å². The maximum absolute atomic E-state index is 12.8. The number of carbonyl (C=O) groups excluding carboxylic acids is 2. The van der Waals surface area contributed by atoms with Gasteiger partial charge in [-0.2, -0.15) is 0 Å². The Bertz CT molecular complexity index is 644. The summed E-state index contributed by atoms with van der Waals surface area (Å²) < 4.78 is 5.00. The van der Waals surface area contributed by atoms with Gasteiger partial charge in [0.1, 0.15) is 11.7 Å². The Morgan fingerprint density at radius 1 is 0.354 bits per heavy atom. The van der Waals surface area contributed by atoms with Crippen LogP contribution in [0.3, 0.4) is 0 Å². The van der Waals surface area contributed by atoms with Crippen molar-refractivity contribution in [2.75, 3.05) is 7.11 Å². The van der Waals surface area contributed by atoms with E-state index in [-0.39, 0.29) is 11.8 Å². The molecule has 3 nitrogen and oxygen atoms in total. The van der Waals surface area contributed by atoms with Gasteiger partial charge in [0.05, 0.1) is 7.11 Å². The second kappa shape index (κ2) is 40.6. The minimum Gasteiger partial charge on any atom is -0.468 e. The largest absolute Gasteiger partial charge is 0.468 e. The van der Waals surface area contributed by atoms with E-state index in [1.807, 2.05) is 0 Å². The van der Waals surface area contributed by atoms with Crippen LogP contribution in [0, 0.1) is 5.92 Å². The number of rotatable bonds is 41. The zero-order chi connectivity index (χ0) is 35.0. The fourth-order valence-corrected chi connectivity index (χ4v) is 7.35. The highest BCUT2D eigenvalue weighted by molar-refractivity contribution is 5.98. The molecule has 48 heavy (non-hydrogen) atoms. The van der Waals surface area contributed by atoms with Gasteiger partial charge in [-0.25, -0.2) is 0 Å². The molecule has 0 aliphatic rings. The van der Waals surface area contributed by atoms with E-state index in [0.717, 1.165) is 25.7 Å². The molecular formula is C45H88O3. The van der Waals surface area contributed by atoms with Crippen LogP contribution in [0.25, 0.3) is 0 Å². The van der Waals surface area contributed by atoms with Gasteiger partial charge >= 0.3 is 5.97 Å². The van der Waals surface area contributed by atoms with Gasteiger partial charge in [0.2, 0.25) is 0 Å². The van der Waals surface area contributed by atoms with Crippen molar-refractivity contribution in [1.82, 2.24) is 0 Å². The predicted octanol–water partition coefficient (Wildman–Crippen LogP) is 15.6. The number of methoxy groups -OCH3 is 1. The van der Waals surface area contributed by atoms with Crippen molar-refractivity contribution in [2.24, 2.45) is 5.92 Å². The van der Waals surface area contributed by atoms with Gasteiger partial charge in [-0.15, -0.1) is 0 Å². The molecule has 0 rings (SSSR count). The summed E-state index contributed by atoms with van der Waals surface area (Å²) in [6.45, 7) is 4.58. The third-order valence-corrected chi connectivity index (χ3v) is 10.7. The van der Waals surface area contributed by atoms with E-state index in [9.17, 15) is 9.59 Å². The van der Waals surface area contributed by atoms with Crippen LogP contribution in [0.5, 0.6) is 0 Å². The first-order valence-electron chi connectivity index (χ1n) is 22.3. The average molecular weight is 677 g/mol. The highest BCUT2D eigenvalue weighted by Crippen LogP contribution is 2.20. The Labute approximate surface area is 302 Å². The van der Waals surface area contributed by atoms with Crippen molar-refractivity contribution in [3.05, 3.63) is 0 Å². The average Bonchev–Trinajstić information content (AvgIpc) is 3.09. The lowest BCUT2D eigenvalue weighted by Gasteiger charge is -2.13. The zero-order valence-corrected chi connectivity index (χ0v) is 33.4. The molecule has 0 bridgehead atoms. The topological polar surface area (TPSA) is 43.4 Å². The second-order valence-corrected chi connectivity index (χ2v) is 15.5. The van der Waals surface area contributed by atoms with E-state index in [4.69, 9.17) is 4.74 Å². The number of hydrogen-bond acceptors (Lipinski definition) is 3. The van der Waals surface area contributed by atoms with Gasteiger partial charge in [-0.1, -0.05) is 245 Å². The molecule has 0 aromatic carbocycles. The molecule has 1 unspecified atom stereocenters. The molecule has 0 amide bonds. The van der Waals surface area contributed by atoms with Crippen molar-refractivity contribution in [3.8, 4) is 0 Å². The number of Topliss-reactive ketones (excluding diaryl/α,β-unsaturated/α-hetero) is 1. The molecule has 286 valence electrons.